The molecular weight excluding hydrogens is 379 g/mol. The van der Waals surface area contributed by atoms with Gasteiger partial charge in [-0.3, -0.25) is 4.98 Å². The lowest BCUT2D eigenvalue weighted by atomic mass is 10.1. The largest absolute Gasteiger partial charge is 0.487 e. The number of piperidine rings is 1. The van der Waals surface area contributed by atoms with Gasteiger partial charge in [-0.05, 0) is 25.0 Å². The van der Waals surface area contributed by atoms with E-state index in [-0.39, 0.29) is 16.9 Å². The summed E-state index contributed by atoms with van der Waals surface area (Å²) in [6.45, 7) is 0.762. The molecule has 1 atom stereocenters. The molecular formula is C14H14Cl2N2O3S2. The first kappa shape index (κ1) is 17.0. The van der Waals surface area contributed by atoms with Gasteiger partial charge in [-0.2, -0.15) is 4.31 Å². The molecule has 0 amide bonds. The fourth-order valence-electron chi connectivity index (χ4n) is 2.42. The van der Waals surface area contributed by atoms with Gasteiger partial charge in [-0.1, -0.05) is 23.2 Å². The SMILES string of the molecule is O=S(=O)(c1ccc(Cl)s1)N1CCC[C@@H](Oc2ccncc2Cl)C1. The maximum Gasteiger partial charge on any atom is 0.252 e. The molecule has 3 heterocycles. The number of pyridine rings is 1. The Morgan fingerprint density at radius 3 is 2.83 bits per heavy atom. The van der Waals surface area contributed by atoms with Gasteiger partial charge in [-0.25, -0.2) is 8.42 Å². The van der Waals surface area contributed by atoms with Crippen LogP contribution in [0.3, 0.4) is 0 Å². The normalized spacial score (nSPS) is 19.7. The topological polar surface area (TPSA) is 59.5 Å². The average molecular weight is 393 g/mol. The molecule has 0 saturated carbocycles. The van der Waals surface area contributed by atoms with Gasteiger partial charge in [0.2, 0.25) is 0 Å². The highest BCUT2D eigenvalue weighted by molar-refractivity contribution is 7.91. The van der Waals surface area contributed by atoms with E-state index in [1.54, 1.807) is 18.3 Å². The van der Waals surface area contributed by atoms with Crippen molar-refractivity contribution in [3.8, 4) is 5.75 Å². The summed E-state index contributed by atoms with van der Waals surface area (Å²) in [5.74, 6) is 0.519. The van der Waals surface area contributed by atoms with Crippen LogP contribution in [0, 0.1) is 0 Å². The van der Waals surface area contributed by atoms with E-state index in [9.17, 15) is 8.42 Å². The smallest absolute Gasteiger partial charge is 0.252 e. The Morgan fingerprint density at radius 1 is 1.30 bits per heavy atom. The van der Waals surface area contributed by atoms with Crippen LogP contribution in [0.5, 0.6) is 5.75 Å². The molecule has 0 bridgehead atoms. The van der Waals surface area contributed by atoms with Gasteiger partial charge in [0, 0.05) is 25.0 Å². The minimum Gasteiger partial charge on any atom is -0.487 e. The molecule has 23 heavy (non-hydrogen) atoms. The fraction of sp³-hybridized carbons (Fsp3) is 0.357. The van der Waals surface area contributed by atoms with Crippen molar-refractivity contribution in [1.82, 2.24) is 9.29 Å². The third-order valence-corrected chi connectivity index (χ3v) is 7.36. The Balaban J connectivity index is 1.75. The van der Waals surface area contributed by atoms with E-state index in [1.165, 1.54) is 16.6 Å². The Kier molecular flexibility index (Phi) is 5.13. The van der Waals surface area contributed by atoms with E-state index in [1.807, 2.05) is 0 Å². The number of thiophene rings is 1. The second-order valence-electron chi connectivity index (χ2n) is 5.11. The lowest BCUT2D eigenvalue weighted by molar-refractivity contribution is 0.130. The molecule has 0 unspecified atom stereocenters. The van der Waals surface area contributed by atoms with Crippen molar-refractivity contribution in [2.75, 3.05) is 13.1 Å². The number of sulfonamides is 1. The number of ether oxygens (including phenoxy) is 1. The summed E-state index contributed by atoms with van der Waals surface area (Å²) in [4.78, 5) is 3.90. The lowest BCUT2D eigenvalue weighted by Gasteiger charge is -2.31. The van der Waals surface area contributed by atoms with Gasteiger partial charge in [0.15, 0.2) is 0 Å². The van der Waals surface area contributed by atoms with Crippen LogP contribution < -0.4 is 4.74 Å². The number of halogens is 2. The van der Waals surface area contributed by atoms with E-state index in [2.05, 4.69) is 4.98 Å². The lowest BCUT2D eigenvalue weighted by Crippen LogP contribution is -2.44. The molecule has 1 fully saturated rings. The van der Waals surface area contributed by atoms with Crippen molar-refractivity contribution in [1.29, 1.82) is 0 Å². The van der Waals surface area contributed by atoms with Gasteiger partial charge >= 0.3 is 0 Å². The minimum atomic E-state index is -3.53. The van der Waals surface area contributed by atoms with Gasteiger partial charge < -0.3 is 4.74 Å². The van der Waals surface area contributed by atoms with Crippen LogP contribution in [0.15, 0.2) is 34.8 Å². The molecule has 2 aromatic rings. The van der Waals surface area contributed by atoms with Crippen LogP contribution in [0.2, 0.25) is 9.36 Å². The zero-order valence-electron chi connectivity index (χ0n) is 12.0. The third-order valence-electron chi connectivity index (χ3n) is 3.51. The molecule has 5 nitrogen and oxygen atoms in total. The van der Waals surface area contributed by atoms with E-state index >= 15 is 0 Å². The van der Waals surface area contributed by atoms with Crippen LogP contribution in [-0.2, 0) is 10.0 Å². The number of hydrogen-bond acceptors (Lipinski definition) is 5. The summed E-state index contributed by atoms with van der Waals surface area (Å²) in [6, 6.07) is 4.80. The first-order valence-electron chi connectivity index (χ1n) is 6.98. The van der Waals surface area contributed by atoms with Crippen molar-refractivity contribution in [2.24, 2.45) is 0 Å². The van der Waals surface area contributed by atoms with Crippen molar-refractivity contribution in [2.45, 2.75) is 23.2 Å². The zero-order valence-corrected chi connectivity index (χ0v) is 15.1. The molecule has 124 valence electrons. The molecule has 0 N–H and O–H groups in total. The van der Waals surface area contributed by atoms with Crippen LogP contribution in [0.25, 0.3) is 0 Å². The first-order valence-corrected chi connectivity index (χ1v) is 10.00. The second-order valence-corrected chi connectivity index (χ2v) is 9.40. The summed E-state index contributed by atoms with van der Waals surface area (Å²) in [5.41, 5.74) is 0. The minimum absolute atomic E-state index is 0.242. The van der Waals surface area contributed by atoms with Crippen molar-refractivity contribution < 1.29 is 13.2 Å². The molecule has 2 aromatic heterocycles. The summed E-state index contributed by atoms with van der Waals surface area (Å²) in [7, 11) is -3.53. The highest BCUT2D eigenvalue weighted by Gasteiger charge is 2.32. The summed E-state index contributed by atoms with van der Waals surface area (Å²) in [6.07, 6.45) is 4.35. The predicted molar refractivity (Wildman–Crippen MR) is 91.0 cm³/mol. The van der Waals surface area contributed by atoms with Crippen molar-refractivity contribution in [3.05, 3.63) is 40.0 Å². The highest BCUT2D eigenvalue weighted by atomic mass is 35.5. The molecule has 1 aliphatic heterocycles. The maximum absolute atomic E-state index is 12.7. The van der Waals surface area contributed by atoms with E-state index < -0.39 is 10.0 Å². The monoisotopic (exact) mass is 392 g/mol. The number of hydrogen-bond donors (Lipinski definition) is 0. The van der Waals surface area contributed by atoms with Gasteiger partial charge in [0.25, 0.3) is 10.0 Å². The van der Waals surface area contributed by atoms with Crippen LogP contribution in [0.1, 0.15) is 12.8 Å². The van der Waals surface area contributed by atoms with E-state index in [0.29, 0.717) is 21.7 Å². The molecule has 3 rings (SSSR count). The number of nitrogens with zero attached hydrogens (tertiary/aromatic N) is 2. The molecule has 1 saturated heterocycles. The molecule has 1 aliphatic rings. The summed E-state index contributed by atoms with van der Waals surface area (Å²) >= 11 is 12.9. The van der Waals surface area contributed by atoms with Crippen LogP contribution in [0.4, 0.5) is 0 Å². The average Bonchev–Trinajstić information content (AvgIpc) is 2.97. The molecule has 0 aromatic carbocycles. The Hall–Kier alpha value is -0.860. The third kappa shape index (κ3) is 3.80. The fourth-order valence-corrected chi connectivity index (χ4v) is 5.73. The van der Waals surface area contributed by atoms with Crippen LogP contribution in [-0.4, -0.2) is 36.9 Å². The summed E-state index contributed by atoms with van der Waals surface area (Å²) in [5, 5.41) is 0.414. The maximum atomic E-state index is 12.7. The zero-order chi connectivity index (χ0) is 16.4. The second kappa shape index (κ2) is 6.94. The Bertz CT molecular complexity index is 795. The number of aromatic nitrogens is 1. The molecule has 0 radical (unpaired) electrons. The van der Waals surface area contributed by atoms with Gasteiger partial charge in [-0.15, -0.1) is 11.3 Å². The predicted octanol–water partition coefficient (Wildman–Crippen LogP) is 3.68. The van der Waals surface area contributed by atoms with Crippen molar-refractivity contribution >= 4 is 44.6 Å². The van der Waals surface area contributed by atoms with E-state index in [4.69, 9.17) is 27.9 Å². The van der Waals surface area contributed by atoms with Gasteiger partial charge in [0.05, 0.1) is 10.9 Å². The van der Waals surface area contributed by atoms with E-state index in [0.717, 1.165) is 24.2 Å². The standard InChI is InChI=1S/C14H14Cl2N2O3S2/c15-11-8-17-6-5-12(11)21-10-2-1-7-18(9-10)23(19,20)14-4-3-13(16)22-14/h3-6,8,10H,1-2,7,9H2/t10-/m1/s1. The molecule has 9 heteroatoms. The highest BCUT2D eigenvalue weighted by Crippen LogP contribution is 2.31. The van der Waals surface area contributed by atoms with Crippen LogP contribution >= 0.6 is 34.5 Å². The van der Waals surface area contributed by atoms with Crippen molar-refractivity contribution in [3.63, 3.8) is 0 Å². The number of rotatable bonds is 4. The quantitative estimate of drug-likeness (QED) is 0.795. The Morgan fingerprint density at radius 2 is 2.13 bits per heavy atom. The van der Waals surface area contributed by atoms with Gasteiger partial charge in [0.1, 0.15) is 21.1 Å². The molecule has 0 aliphatic carbocycles. The Labute approximate surface area is 148 Å². The molecule has 0 spiro atoms. The summed E-state index contributed by atoms with van der Waals surface area (Å²) < 4.78 is 33.3. The first-order chi connectivity index (χ1) is 11.0.